The molecule has 1 aliphatic rings. The molecule has 3 aromatic rings. The number of rotatable bonds is 11. The molecule has 3 N–H and O–H groups in total. The van der Waals surface area contributed by atoms with Crippen molar-refractivity contribution in [3.05, 3.63) is 71.3 Å². The van der Waals surface area contributed by atoms with Crippen molar-refractivity contribution < 1.29 is 50.6 Å². The summed E-state index contributed by atoms with van der Waals surface area (Å²) in [4.78, 5) is 15.6. The van der Waals surface area contributed by atoms with Gasteiger partial charge in [0.25, 0.3) is 6.43 Å². The minimum absolute atomic E-state index is 0.0580. The third-order valence-corrected chi connectivity index (χ3v) is 7.23. The molecule has 0 radical (unpaired) electrons. The quantitative estimate of drug-likeness (QED) is 0.318. The van der Waals surface area contributed by atoms with Gasteiger partial charge in [-0.1, -0.05) is 0 Å². The first-order chi connectivity index (χ1) is 19.0. The number of aliphatic hydroxyl groups is 1. The standard InChI is InChI=1S/C24H25F3N3O9P/c1-34-14-3-7-16(8-4-14)38-40(33,39-17-9-5-15(35-2)6-10-17)36-13-24(22(26)27)20(31)19(25)21(37-24)30-12-11-18(28)29-23(30)32/h3-12,19-22,31H,13H2,1-2H3,(H2,28,29,32)/t19-,20-,21+,24+/m0/s1. The molecule has 4 rings (SSSR count). The van der Waals surface area contributed by atoms with Gasteiger partial charge in [0.15, 0.2) is 18.0 Å². The Hall–Kier alpha value is -3.78. The highest BCUT2D eigenvalue weighted by Gasteiger charge is 2.62. The maximum atomic E-state index is 15.1. The van der Waals surface area contributed by atoms with E-state index in [1.165, 1.54) is 62.8 Å². The van der Waals surface area contributed by atoms with Crippen LogP contribution < -0.4 is 29.9 Å². The molecule has 1 aliphatic heterocycles. The largest absolute Gasteiger partial charge is 0.587 e. The Balaban J connectivity index is 1.64. The first-order valence-electron chi connectivity index (χ1n) is 11.5. The van der Waals surface area contributed by atoms with Crippen molar-refractivity contribution in [2.45, 2.75) is 30.5 Å². The number of hydrogen-bond donors (Lipinski definition) is 2. The van der Waals surface area contributed by atoms with Crippen LogP contribution in [0.2, 0.25) is 0 Å². The zero-order chi connectivity index (χ0) is 29.1. The van der Waals surface area contributed by atoms with Crippen LogP contribution in [0.3, 0.4) is 0 Å². The first kappa shape index (κ1) is 29.2. The second-order valence-corrected chi connectivity index (χ2v) is 9.97. The number of nitrogens with two attached hydrogens (primary N) is 1. The van der Waals surface area contributed by atoms with Crippen LogP contribution in [0.5, 0.6) is 23.0 Å². The molecule has 16 heteroatoms. The number of phosphoric acid groups is 1. The van der Waals surface area contributed by atoms with Gasteiger partial charge >= 0.3 is 13.5 Å². The molecular weight excluding hydrogens is 562 g/mol. The Bertz CT molecular complexity index is 1360. The lowest BCUT2D eigenvalue weighted by atomic mass is 9.97. The van der Waals surface area contributed by atoms with Gasteiger partial charge in [0.05, 0.1) is 20.8 Å². The Morgan fingerprint density at radius 2 is 1.52 bits per heavy atom. The second-order valence-electron chi connectivity index (χ2n) is 8.45. The molecule has 1 saturated heterocycles. The van der Waals surface area contributed by atoms with E-state index in [0.29, 0.717) is 16.1 Å². The van der Waals surface area contributed by atoms with Gasteiger partial charge in [0.1, 0.15) is 34.9 Å². The van der Waals surface area contributed by atoms with E-state index in [2.05, 4.69) is 4.98 Å². The van der Waals surface area contributed by atoms with Gasteiger partial charge in [-0.15, -0.1) is 0 Å². The molecule has 2 heterocycles. The van der Waals surface area contributed by atoms with Gasteiger partial charge in [-0.05, 0) is 54.6 Å². The van der Waals surface area contributed by atoms with Crippen LogP contribution in [-0.2, 0) is 13.8 Å². The van der Waals surface area contributed by atoms with E-state index >= 15 is 4.39 Å². The summed E-state index contributed by atoms with van der Waals surface area (Å²) < 4.78 is 89.6. The molecule has 0 bridgehead atoms. The maximum absolute atomic E-state index is 15.1. The highest BCUT2D eigenvalue weighted by molar-refractivity contribution is 7.49. The number of nitrogen functional groups attached to an aromatic ring is 1. The van der Waals surface area contributed by atoms with Crippen LogP contribution in [0, 0.1) is 0 Å². The number of anilines is 1. The average molecular weight is 587 g/mol. The first-order valence-corrected chi connectivity index (χ1v) is 13.0. The number of phosphoric ester groups is 1. The van der Waals surface area contributed by atoms with Crippen LogP contribution in [-0.4, -0.2) is 59.8 Å². The summed E-state index contributed by atoms with van der Waals surface area (Å²) in [6.07, 6.45) is -9.71. The fourth-order valence-electron chi connectivity index (χ4n) is 3.76. The van der Waals surface area contributed by atoms with Crippen LogP contribution in [0.25, 0.3) is 0 Å². The molecule has 12 nitrogen and oxygen atoms in total. The van der Waals surface area contributed by atoms with Crippen molar-refractivity contribution in [3.8, 4) is 23.0 Å². The summed E-state index contributed by atoms with van der Waals surface area (Å²) in [5, 5.41) is 10.5. The van der Waals surface area contributed by atoms with Crippen molar-refractivity contribution >= 4 is 13.6 Å². The minimum Gasteiger partial charge on any atom is -0.497 e. The summed E-state index contributed by atoms with van der Waals surface area (Å²) in [7, 11) is -1.98. The molecule has 1 aromatic heterocycles. The summed E-state index contributed by atoms with van der Waals surface area (Å²) >= 11 is 0. The van der Waals surface area contributed by atoms with Crippen LogP contribution in [0.4, 0.5) is 19.0 Å². The highest BCUT2D eigenvalue weighted by Crippen LogP contribution is 2.52. The van der Waals surface area contributed by atoms with Gasteiger partial charge in [-0.2, -0.15) is 4.98 Å². The SMILES string of the molecule is COc1ccc(OP(=O)(OC[C@@]2(C(F)F)O[C@@H](n3ccc(N)nc3=O)[C@@H](F)[C@@H]2O)Oc2ccc(OC)cc2)cc1. The van der Waals surface area contributed by atoms with E-state index in [0.717, 1.165) is 12.3 Å². The Morgan fingerprint density at radius 1 is 1.02 bits per heavy atom. The summed E-state index contributed by atoms with van der Waals surface area (Å²) in [6.45, 7) is -1.37. The molecular formula is C24H25F3N3O9P. The van der Waals surface area contributed by atoms with Crippen molar-refractivity contribution in [2.75, 3.05) is 26.6 Å². The number of aliphatic hydroxyl groups excluding tert-OH is 1. The Kier molecular flexibility index (Phi) is 8.59. The van der Waals surface area contributed by atoms with E-state index in [1.54, 1.807) is 0 Å². The van der Waals surface area contributed by atoms with Gasteiger partial charge in [0.2, 0.25) is 0 Å². The van der Waals surface area contributed by atoms with Crippen molar-refractivity contribution in [3.63, 3.8) is 0 Å². The maximum Gasteiger partial charge on any atom is 0.587 e. The third-order valence-electron chi connectivity index (χ3n) is 5.91. The van der Waals surface area contributed by atoms with Gasteiger partial charge in [-0.25, -0.2) is 22.5 Å². The lowest BCUT2D eigenvalue weighted by Gasteiger charge is -2.31. The lowest BCUT2D eigenvalue weighted by Crippen LogP contribution is -2.52. The minimum atomic E-state index is -4.82. The monoisotopic (exact) mass is 587 g/mol. The fourth-order valence-corrected chi connectivity index (χ4v) is 5.02. The van der Waals surface area contributed by atoms with Gasteiger partial charge in [-0.3, -0.25) is 9.09 Å². The molecule has 216 valence electrons. The Morgan fingerprint density at radius 3 is 1.98 bits per heavy atom. The zero-order valence-electron chi connectivity index (χ0n) is 21.1. The smallest absolute Gasteiger partial charge is 0.497 e. The molecule has 0 amide bonds. The number of benzene rings is 2. The van der Waals surface area contributed by atoms with Crippen LogP contribution >= 0.6 is 7.82 Å². The van der Waals surface area contributed by atoms with E-state index in [1.807, 2.05) is 0 Å². The second kappa shape index (κ2) is 11.8. The normalized spacial score (nSPS) is 22.7. The average Bonchev–Trinajstić information content (AvgIpc) is 3.19. The molecule has 4 atom stereocenters. The Labute approximate surface area is 225 Å². The topological polar surface area (TPSA) is 154 Å². The van der Waals surface area contributed by atoms with Gasteiger partial charge < -0.3 is 34.1 Å². The predicted molar refractivity (Wildman–Crippen MR) is 133 cm³/mol. The number of halogens is 3. The summed E-state index contributed by atoms with van der Waals surface area (Å²) in [5.74, 6) is 0.553. The summed E-state index contributed by atoms with van der Waals surface area (Å²) in [6, 6.07) is 12.4. The van der Waals surface area contributed by atoms with E-state index in [-0.39, 0.29) is 17.3 Å². The van der Waals surface area contributed by atoms with Crippen LogP contribution in [0.15, 0.2) is 65.6 Å². The molecule has 0 aliphatic carbocycles. The van der Waals surface area contributed by atoms with E-state index in [9.17, 15) is 23.2 Å². The zero-order valence-corrected chi connectivity index (χ0v) is 22.0. The van der Waals surface area contributed by atoms with E-state index in [4.69, 9.17) is 33.5 Å². The van der Waals surface area contributed by atoms with Gasteiger partial charge in [0, 0.05) is 6.20 Å². The number of methoxy groups -OCH3 is 2. The molecule has 0 saturated carbocycles. The number of aromatic nitrogens is 2. The molecule has 2 aromatic carbocycles. The molecule has 40 heavy (non-hydrogen) atoms. The lowest BCUT2D eigenvalue weighted by molar-refractivity contribution is -0.193. The third kappa shape index (κ3) is 6.02. The summed E-state index contributed by atoms with van der Waals surface area (Å²) in [5.41, 5.74) is 1.22. The van der Waals surface area contributed by atoms with E-state index < -0.39 is 50.6 Å². The van der Waals surface area contributed by atoms with Crippen molar-refractivity contribution in [1.82, 2.24) is 9.55 Å². The molecule has 0 spiro atoms. The number of nitrogens with zero attached hydrogens (tertiary/aromatic N) is 2. The number of hydrogen-bond acceptors (Lipinski definition) is 11. The van der Waals surface area contributed by atoms with Crippen molar-refractivity contribution in [1.29, 1.82) is 0 Å². The van der Waals surface area contributed by atoms with Crippen molar-refractivity contribution in [2.24, 2.45) is 0 Å². The van der Waals surface area contributed by atoms with Crippen LogP contribution in [0.1, 0.15) is 6.23 Å². The molecule has 0 unspecified atom stereocenters. The number of ether oxygens (including phenoxy) is 3. The predicted octanol–water partition coefficient (Wildman–Crippen LogP) is 3.36. The number of alkyl halides is 3. The highest BCUT2D eigenvalue weighted by atomic mass is 31.2. The molecule has 1 fully saturated rings. The fraction of sp³-hybridized carbons (Fsp3) is 0.333.